The summed E-state index contributed by atoms with van der Waals surface area (Å²) in [7, 11) is -1.17. The van der Waals surface area contributed by atoms with Gasteiger partial charge in [-0.1, -0.05) is 26.6 Å². The fourth-order valence-corrected chi connectivity index (χ4v) is 5.18. The molecule has 0 N–H and O–H groups in total. The Kier molecular flexibility index (Phi) is 7.18. The predicted octanol–water partition coefficient (Wildman–Crippen LogP) is 3.98. The van der Waals surface area contributed by atoms with Gasteiger partial charge in [0.2, 0.25) is 0 Å². The molecule has 0 saturated carbocycles. The first kappa shape index (κ1) is 25.2. The van der Waals surface area contributed by atoms with E-state index in [1.807, 2.05) is 11.5 Å². The molecule has 1 aliphatic rings. The van der Waals surface area contributed by atoms with E-state index in [0.717, 1.165) is 35.6 Å². The Morgan fingerprint density at radius 1 is 1.23 bits per heavy atom. The van der Waals surface area contributed by atoms with Gasteiger partial charge in [0.15, 0.2) is 17.4 Å². The largest absolute Gasteiger partial charge is 0.360 e. The van der Waals surface area contributed by atoms with Crippen LogP contribution in [0.1, 0.15) is 61.2 Å². The lowest BCUT2D eigenvalue weighted by atomic mass is 10.1. The van der Waals surface area contributed by atoms with Gasteiger partial charge >= 0.3 is 0 Å². The van der Waals surface area contributed by atoms with Crippen LogP contribution in [-0.4, -0.2) is 61.0 Å². The van der Waals surface area contributed by atoms with Crippen LogP contribution in [0.4, 0.5) is 5.82 Å². The van der Waals surface area contributed by atoms with E-state index in [9.17, 15) is 4.79 Å². The van der Waals surface area contributed by atoms with Crippen LogP contribution in [0.2, 0.25) is 25.7 Å². The number of carbonyl (C=O) groups is 1. The van der Waals surface area contributed by atoms with Crippen molar-refractivity contribution in [3.63, 3.8) is 0 Å². The molecule has 0 fully saturated rings. The minimum atomic E-state index is -1.17. The minimum Gasteiger partial charge on any atom is -0.360 e. The molecular weight excluding hydrogens is 460 g/mol. The maximum absolute atomic E-state index is 13.2. The van der Waals surface area contributed by atoms with Crippen LogP contribution in [0.25, 0.3) is 5.69 Å². The first-order valence-electron chi connectivity index (χ1n) is 12.3. The van der Waals surface area contributed by atoms with Crippen LogP contribution in [0.3, 0.4) is 0 Å². The van der Waals surface area contributed by atoms with Crippen LogP contribution < -0.4 is 4.90 Å². The Morgan fingerprint density at radius 2 is 2.00 bits per heavy atom. The molecule has 1 atom stereocenters. The molecule has 10 nitrogen and oxygen atoms in total. The van der Waals surface area contributed by atoms with Gasteiger partial charge in [0.05, 0.1) is 18.7 Å². The number of rotatable bonds is 10. The van der Waals surface area contributed by atoms with Gasteiger partial charge in [-0.25, -0.2) is 14.6 Å². The van der Waals surface area contributed by atoms with Crippen LogP contribution in [0.5, 0.6) is 0 Å². The van der Waals surface area contributed by atoms with E-state index in [1.165, 1.54) is 0 Å². The SMILES string of the molecule is CCC1c2nnc(C)n2-c2cnc(CC(=O)c3ccnn3COCC[Si](C)(C)C)nc2N1C(C)C. The molecule has 1 aliphatic heterocycles. The van der Waals surface area contributed by atoms with Gasteiger partial charge in [0, 0.05) is 26.9 Å². The highest BCUT2D eigenvalue weighted by atomic mass is 28.3. The number of ketones is 1. The summed E-state index contributed by atoms with van der Waals surface area (Å²) in [6.45, 7) is 16.2. The highest BCUT2D eigenvalue weighted by molar-refractivity contribution is 6.76. The van der Waals surface area contributed by atoms with Crippen molar-refractivity contribution in [1.82, 2.24) is 34.5 Å². The van der Waals surface area contributed by atoms with Crippen LogP contribution in [0.15, 0.2) is 18.5 Å². The molecule has 1 unspecified atom stereocenters. The molecule has 0 radical (unpaired) electrons. The lowest BCUT2D eigenvalue weighted by Gasteiger charge is -2.39. The lowest BCUT2D eigenvalue weighted by Crippen LogP contribution is -2.40. The summed E-state index contributed by atoms with van der Waals surface area (Å²) >= 11 is 0. The molecule has 0 spiro atoms. The Hall–Kier alpha value is -2.92. The Balaban J connectivity index is 1.56. The summed E-state index contributed by atoms with van der Waals surface area (Å²) < 4.78 is 9.45. The van der Waals surface area contributed by atoms with Crippen molar-refractivity contribution in [2.75, 3.05) is 11.5 Å². The second-order valence-electron chi connectivity index (χ2n) is 10.5. The topological polar surface area (TPSA) is 104 Å². The van der Waals surface area contributed by atoms with Gasteiger partial charge in [0.1, 0.15) is 29.8 Å². The standard InChI is InChI=1S/C24H36N8O2Si/c1-8-18-24-29-28-17(4)32(24)20-14-25-22(27-23(20)31(18)16(2)3)13-21(33)19-9-10-26-30(19)15-34-11-12-35(5,6)7/h9-10,14,16,18H,8,11-13,15H2,1-7H3. The molecule has 0 saturated heterocycles. The highest BCUT2D eigenvalue weighted by Crippen LogP contribution is 2.39. The Bertz CT molecular complexity index is 1200. The summed E-state index contributed by atoms with van der Waals surface area (Å²) in [6, 6.07) is 3.04. The fraction of sp³-hybridized carbons (Fsp3) is 0.583. The van der Waals surface area contributed by atoms with E-state index in [1.54, 1.807) is 23.1 Å². The molecule has 0 aliphatic carbocycles. The second kappa shape index (κ2) is 9.98. The average molecular weight is 497 g/mol. The van der Waals surface area contributed by atoms with E-state index in [0.29, 0.717) is 18.1 Å². The Morgan fingerprint density at radius 3 is 2.69 bits per heavy atom. The van der Waals surface area contributed by atoms with Crippen molar-refractivity contribution in [2.45, 2.75) is 85.0 Å². The number of hydrogen-bond donors (Lipinski definition) is 0. The van der Waals surface area contributed by atoms with Crippen LogP contribution >= 0.6 is 0 Å². The van der Waals surface area contributed by atoms with Gasteiger partial charge in [-0.3, -0.25) is 9.36 Å². The first-order chi connectivity index (χ1) is 16.6. The van der Waals surface area contributed by atoms with Gasteiger partial charge < -0.3 is 9.64 Å². The average Bonchev–Trinajstić information content (AvgIpc) is 3.41. The van der Waals surface area contributed by atoms with Gasteiger partial charge in [-0.2, -0.15) is 5.10 Å². The lowest BCUT2D eigenvalue weighted by molar-refractivity contribution is 0.0730. The molecule has 4 heterocycles. The van der Waals surface area contributed by atoms with E-state index >= 15 is 0 Å². The zero-order chi connectivity index (χ0) is 25.3. The fourth-order valence-electron chi connectivity index (χ4n) is 4.42. The smallest absolute Gasteiger partial charge is 0.188 e. The third kappa shape index (κ3) is 5.20. The Labute approximate surface area is 207 Å². The normalized spacial score (nSPS) is 15.4. The number of carbonyl (C=O) groups excluding carboxylic acids is 1. The molecule has 4 rings (SSSR count). The minimum absolute atomic E-state index is 0.0527. The number of anilines is 1. The van der Waals surface area contributed by atoms with E-state index in [2.05, 4.69) is 65.6 Å². The molecule has 0 bridgehead atoms. The molecule has 3 aromatic heterocycles. The van der Waals surface area contributed by atoms with E-state index in [4.69, 9.17) is 9.72 Å². The molecule has 0 aromatic carbocycles. The van der Waals surface area contributed by atoms with Gasteiger partial charge in [0.25, 0.3) is 0 Å². The number of Topliss-reactive ketones (excluding diaryl/α,β-unsaturated/α-hetero) is 1. The third-order valence-corrected chi connectivity index (χ3v) is 7.95. The van der Waals surface area contributed by atoms with Crippen molar-refractivity contribution in [3.05, 3.63) is 41.6 Å². The summed E-state index contributed by atoms with van der Waals surface area (Å²) in [5, 5.41) is 13.0. The molecular formula is C24H36N8O2Si. The molecule has 11 heteroatoms. The van der Waals surface area contributed by atoms with Crippen molar-refractivity contribution in [1.29, 1.82) is 0 Å². The number of hydrogen-bond acceptors (Lipinski definition) is 8. The highest BCUT2D eigenvalue weighted by Gasteiger charge is 2.36. The van der Waals surface area contributed by atoms with Crippen molar-refractivity contribution in [3.8, 4) is 5.69 Å². The van der Waals surface area contributed by atoms with E-state index < -0.39 is 8.07 Å². The number of fused-ring (bicyclic) bond motifs is 3. The molecule has 188 valence electrons. The van der Waals surface area contributed by atoms with Gasteiger partial charge in [-0.15, -0.1) is 10.2 Å². The van der Waals surface area contributed by atoms with E-state index in [-0.39, 0.29) is 31.0 Å². The summed E-state index contributed by atoms with van der Waals surface area (Å²) in [5.41, 5.74) is 1.35. The van der Waals surface area contributed by atoms with Crippen LogP contribution in [-0.2, 0) is 17.9 Å². The number of aromatic nitrogens is 7. The number of nitrogens with zero attached hydrogens (tertiary/aromatic N) is 8. The first-order valence-corrected chi connectivity index (χ1v) is 16.0. The zero-order valence-electron chi connectivity index (χ0n) is 21.8. The summed E-state index contributed by atoms with van der Waals surface area (Å²) in [5.74, 6) is 2.90. The summed E-state index contributed by atoms with van der Waals surface area (Å²) in [4.78, 5) is 24.9. The van der Waals surface area contributed by atoms with Crippen molar-refractivity contribution < 1.29 is 9.53 Å². The maximum Gasteiger partial charge on any atom is 0.188 e. The summed E-state index contributed by atoms with van der Waals surface area (Å²) in [6.07, 6.45) is 4.36. The van der Waals surface area contributed by atoms with Crippen LogP contribution in [0, 0.1) is 6.92 Å². The molecule has 0 amide bonds. The zero-order valence-corrected chi connectivity index (χ0v) is 22.8. The van der Waals surface area contributed by atoms with Crippen molar-refractivity contribution >= 4 is 19.7 Å². The molecule has 3 aromatic rings. The number of aryl methyl sites for hydroxylation is 1. The van der Waals surface area contributed by atoms with Gasteiger partial charge in [-0.05, 0) is 39.3 Å². The predicted molar refractivity (Wildman–Crippen MR) is 137 cm³/mol. The third-order valence-electron chi connectivity index (χ3n) is 6.24. The molecule has 35 heavy (non-hydrogen) atoms. The van der Waals surface area contributed by atoms with Crippen molar-refractivity contribution in [2.24, 2.45) is 0 Å². The second-order valence-corrected chi connectivity index (χ2v) is 16.1. The quantitative estimate of drug-likeness (QED) is 0.236. The monoisotopic (exact) mass is 496 g/mol. The maximum atomic E-state index is 13.2. The number of ether oxygens (including phenoxy) is 1.